The lowest BCUT2D eigenvalue weighted by molar-refractivity contribution is 0.228. The van der Waals surface area contributed by atoms with Gasteiger partial charge in [0, 0.05) is 12.2 Å². The summed E-state index contributed by atoms with van der Waals surface area (Å²) in [4.78, 5) is -0.324. The number of benzene rings is 1. The Hall–Kier alpha value is -0.750. The van der Waals surface area contributed by atoms with Crippen LogP contribution in [0.15, 0.2) is 18.2 Å². The lowest BCUT2D eigenvalue weighted by Gasteiger charge is -2.29. The molecule has 0 radical (unpaired) electrons. The van der Waals surface area contributed by atoms with Gasteiger partial charge in [-0.1, -0.05) is 28.9 Å². The molecule has 0 aliphatic carbocycles. The number of hydrogen-bond donors (Lipinski definition) is 0. The average Bonchev–Trinajstić information content (AvgIpc) is 2.58. The molecule has 0 N–H and O–H groups in total. The SMILES string of the molecule is CC1COc2ccc(C(Br)C(C)(C)S(C)(=O)=O)cc2OC1. The van der Waals surface area contributed by atoms with Crippen molar-refractivity contribution in [3.05, 3.63) is 23.8 Å². The van der Waals surface area contributed by atoms with Crippen LogP contribution >= 0.6 is 15.9 Å². The molecule has 1 aromatic carbocycles. The van der Waals surface area contributed by atoms with Crippen molar-refractivity contribution in [2.24, 2.45) is 5.92 Å². The van der Waals surface area contributed by atoms with E-state index in [1.165, 1.54) is 6.26 Å². The van der Waals surface area contributed by atoms with Gasteiger partial charge in [0.1, 0.15) is 0 Å². The zero-order valence-electron chi connectivity index (χ0n) is 12.7. The number of hydrogen-bond acceptors (Lipinski definition) is 4. The van der Waals surface area contributed by atoms with Crippen LogP contribution in [0.4, 0.5) is 0 Å². The number of sulfone groups is 1. The fourth-order valence-corrected chi connectivity index (χ4v) is 3.83. The van der Waals surface area contributed by atoms with E-state index < -0.39 is 14.6 Å². The van der Waals surface area contributed by atoms with Gasteiger partial charge in [0.15, 0.2) is 21.3 Å². The van der Waals surface area contributed by atoms with Crippen LogP contribution in [-0.2, 0) is 9.84 Å². The standard InChI is InChI=1S/C15H21BrO4S/c1-10-8-19-12-6-5-11(7-13(12)20-9-10)14(16)15(2,3)21(4,17)18/h5-7,10,14H,8-9H2,1-4H3. The zero-order chi connectivity index (χ0) is 15.8. The molecule has 1 aliphatic rings. The molecule has 0 aromatic heterocycles. The minimum absolute atomic E-state index is 0.324. The maximum Gasteiger partial charge on any atom is 0.161 e. The molecule has 4 nitrogen and oxygen atoms in total. The van der Waals surface area contributed by atoms with Crippen molar-refractivity contribution < 1.29 is 17.9 Å². The number of alkyl halides is 1. The third kappa shape index (κ3) is 3.37. The molecule has 1 aliphatic heterocycles. The van der Waals surface area contributed by atoms with E-state index in [2.05, 4.69) is 22.9 Å². The lowest BCUT2D eigenvalue weighted by Crippen LogP contribution is -2.35. The van der Waals surface area contributed by atoms with E-state index in [1.54, 1.807) is 13.8 Å². The van der Waals surface area contributed by atoms with Crippen LogP contribution in [0.2, 0.25) is 0 Å². The molecule has 118 valence electrons. The van der Waals surface area contributed by atoms with Crippen LogP contribution in [0.25, 0.3) is 0 Å². The number of rotatable bonds is 3. The van der Waals surface area contributed by atoms with Gasteiger partial charge >= 0.3 is 0 Å². The highest BCUT2D eigenvalue weighted by atomic mass is 79.9. The summed E-state index contributed by atoms with van der Waals surface area (Å²) in [6, 6.07) is 5.58. The first-order chi connectivity index (χ1) is 9.63. The molecular weight excluding hydrogens is 356 g/mol. The minimum atomic E-state index is -3.21. The van der Waals surface area contributed by atoms with Gasteiger partial charge in [-0.2, -0.15) is 0 Å². The van der Waals surface area contributed by atoms with E-state index >= 15 is 0 Å². The Morgan fingerprint density at radius 3 is 2.38 bits per heavy atom. The summed E-state index contributed by atoms with van der Waals surface area (Å²) in [5.41, 5.74) is 0.863. The smallest absolute Gasteiger partial charge is 0.161 e. The normalized spacial score (nSPS) is 20.7. The van der Waals surface area contributed by atoms with Crippen molar-refractivity contribution in [2.75, 3.05) is 19.5 Å². The maximum absolute atomic E-state index is 12.0. The molecule has 0 spiro atoms. The Kier molecular flexibility index (Phi) is 4.59. The fraction of sp³-hybridized carbons (Fsp3) is 0.600. The van der Waals surface area contributed by atoms with Gasteiger partial charge in [0.25, 0.3) is 0 Å². The van der Waals surface area contributed by atoms with Crippen LogP contribution in [0.3, 0.4) is 0 Å². The molecule has 21 heavy (non-hydrogen) atoms. The Morgan fingerprint density at radius 1 is 1.24 bits per heavy atom. The van der Waals surface area contributed by atoms with E-state index in [0.29, 0.717) is 30.6 Å². The van der Waals surface area contributed by atoms with Gasteiger partial charge in [-0.25, -0.2) is 8.42 Å². The molecule has 0 amide bonds. The highest BCUT2D eigenvalue weighted by Crippen LogP contribution is 2.42. The van der Waals surface area contributed by atoms with E-state index in [1.807, 2.05) is 18.2 Å². The van der Waals surface area contributed by atoms with Crippen molar-refractivity contribution in [3.8, 4) is 11.5 Å². The average molecular weight is 377 g/mol. The quantitative estimate of drug-likeness (QED) is 0.758. The van der Waals surface area contributed by atoms with Crippen molar-refractivity contribution in [1.29, 1.82) is 0 Å². The minimum Gasteiger partial charge on any atom is -0.489 e. The topological polar surface area (TPSA) is 52.6 Å². The first-order valence-electron chi connectivity index (χ1n) is 6.86. The first kappa shape index (κ1) is 16.6. The third-order valence-corrected chi connectivity index (χ3v) is 8.00. The van der Waals surface area contributed by atoms with Gasteiger partial charge in [-0.3, -0.25) is 0 Å². The first-order valence-corrected chi connectivity index (χ1v) is 9.67. The molecule has 0 saturated heterocycles. The molecule has 2 unspecified atom stereocenters. The Bertz CT molecular complexity index is 625. The van der Waals surface area contributed by atoms with E-state index in [0.717, 1.165) is 5.56 Å². The summed E-state index contributed by atoms with van der Waals surface area (Å²) < 4.78 is 34.5. The molecule has 2 atom stereocenters. The molecule has 0 fully saturated rings. The van der Waals surface area contributed by atoms with Gasteiger partial charge in [0.2, 0.25) is 0 Å². The van der Waals surface area contributed by atoms with Crippen LogP contribution in [0.1, 0.15) is 31.2 Å². The van der Waals surface area contributed by atoms with Crippen molar-refractivity contribution in [1.82, 2.24) is 0 Å². The third-order valence-electron chi connectivity index (χ3n) is 3.87. The summed E-state index contributed by atoms with van der Waals surface area (Å²) in [6.45, 7) is 6.71. The summed E-state index contributed by atoms with van der Waals surface area (Å²) in [5.74, 6) is 1.71. The van der Waals surface area contributed by atoms with Gasteiger partial charge in [-0.15, -0.1) is 0 Å². The number of halogens is 1. The molecule has 0 bridgehead atoms. The van der Waals surface area contributed by atoms with E-state index in [9.17, 15) is 8.42 Å². The predicted octanol–water partition coefficient (Wildman–Crippen LogP) is 3.35. The fourth-order valence-electron chi connectivity index (χ4n) is 2.02. The van der Waals surface area contributed by atoms with Gasteiger partial charge < -0.3 is 9.47 Å². The zero-order valence-corrected chi connectivity index (χ0v) is 15.1. The largest absolute Gasteiger partial charge is 0.489 e. The van der Waals surface area contributed by atoms with Gasteiger partial charge in [0.05, 0.1) is 22.8 Å². The second kappa shape index (κ2) is 5.80. The Labute approximate surface area is 134 Å². The maximum atomic E-state index is 12.0. The monoisotopic (exact) mass is 376 g/mol. The number of fused-ring (bicyclic) bond motifs is 1. The summed E-state index contributed by atoms with van der Waals surface area (Å²) in [6.07, 6.45) is 1.26. The van der Waals surface area contributed by atoms with E-state index in [-0.39, 0.29) is 4.83 Å². The highest BCUT2D eigenvalue weighted by molar-refractivity contribution is 9.09. The Balaban J connectivity index is 2.35. The second-order valence-electron chi connectivity index (χ2n) is 6.17. The van der Waals surface area contributed by atoms with Crippen LogP contribution < -0.4 is 9.47 Å². The Morgan fingerprint density at radius 2 is 1.81 bits per heavy atom. The van der Waals surface area contributed by atoms with Gasteiger partial charge in [-0.05, 0) is 31.5 Å². The van der Waals surface area contributed by atoms with Crippen molar-refractivity contribution in [3.63, 3.8) is 0 Å². The summed E-state index contributed by atoms with van der Waals surface area (Å²) in [7, 11) is -3.21. The summed E-state index contributed by atoms with van der Waals surface area (Å²) >= 11 is 3.53. The predicted molar refractivity (Wildman–Crippen MR) is 87.2 cm³/mol. The molecule has 2 rings (SSSR count). The summed E-state index contributed by atoms with van der Waals surface area (Å²) in [5, 5.41) is 0. The highest BCUT2D eigenvalue weighted by Gasteiger charge is 2.38. The van der Waals surface area contributed by atoms with Crippen LogP contribution in [0.5, 0.6) is 11.5 Å². The number of ether oxygens (including phenoxy) is 2. The molecule has 1 aromatic rings. The van der Waals surface area contributed by atoms with Crippen LogP contribution in [0, 0.1) is 5.92 Å². The van der Waals surface area contributed by atoms with E-state index in [4.69, 9.17) is 9.47 Å². The molecule has 6 heteroatoms. The molecule has 1 heterocycles. The van der Waals surface area contributed by atoms with Crippen LogP contribution in [-0.4, -0.2) is 32.6 Å². The molecular formula is C15H21BrO4S. The lowest BCUT2D eigenvalue weighted by atomic mass is 10.0. The van der Waals surface area contributed by atoms with Crippen molar-refractivity contribution in [2.45, 2.75) is 30.3 Å². The van der Waals surface area contributed by atoms with Crippen molar-refractivity contribution >= 4 is 25.8 Å². The molecule has 0 saturated carbocycles. The second-order valence-corrected chi connectivity index (χ2v) is 9.68.